The van der Waals surface area contributed by atoms with Crippen LogP contribution < -0.4 is 0 Å². The first kappa shape index (κ1) is 10.6. The Kier molecular flexibility index (Phi) is 3.10. The van der Waals surface area contributed by atoms with Crippen molar-refractivity contribution in [3.8, 4) is 6.07 Å². The first-order chi connectivity index (χ1) is 6.60. The third-order valence-electron chi connectivity index (χ3n) is 2.02. The fourth-order valence-corrected chi connectivity index (χ4v) is 1.48. The van der Waals surface area contributed by atoms with Gasteiger partial charge < -0.3 is 5.11 Å². The predicted octanol–water partition coefficient (Wildman–Crippen LogP) is 2.30. The van der Waals surface area contributed by atoms with Crippen molar-refractivity contribution < 1.29 is 9.90 Å². The zero-order valence-electron chi connectivity index (χ0n) is 7.54. The number of aromatic carboxylic acids is 1. The molecule has 0 heterocycles. The topological polar surface area (TPSA) is 61.1 Å². The second-order valence-electron chi connectivity index (χ2n) is 2.86. The van der Waals surface area contributed by atoms with Gasteiger partial charge in [-0.1, -0.05) is 0 Å². The normalized spacial score (nSPS) is 9.50. The van der Waals surface area contributed by atoms with Gasteiger partial charge in [0.05, 0.1) is 17.2 Å². The molecule has 0 aliphatic carbocycles. The largest absolute Gasteiger partial charge is 0.478 e. The summed E-state index contributed by atoms with van der Waals surface area (Å²) in [5, 5.41) is 17.5. The SMILES string of the molecule is Cc1c(CCl)cc(C#N)cc1C(=O)O. The van der Waals surface area contributed by atoms with Gasteiger partial charge in [-0.2, -0.15) is 5.26 Å². The molecule has 1 aromatic rings. The number of carboxylic acids is 1. The number of halogens is 1. The van der Waals surface area contributed by atoms with Gasteiger partial charge in [0.25, 0.3) is 0 Å². The minimum absolute atomic E-state index is 0.139. The van der Waals surface area contributed by atoms with Crippen molar-refractivity contribution >= 4 is 17.6 Å². The van der Waals surface area contributed by atoms with Crippen molar-refractivity contribution in [3.63, 3.8) is 0 Å². The standard InChI is InChI=1S/C10H8ClNO2/c1-6-8(4-11)2-7(5-12)3-9(6)10(13)14/h2-3H,4H2,1H3,(H,13,14). The van der Waals surface area contributed by atoms with Crippen molar-refractivity contribution in [1.82, 2.24) is 0 Å². The highest BCUT2D eigenvalue weighted by atomic mass is 35.5. The Morgan fingerprint density at radius 3 is 2.71 bits per heavy atom. The van der Waals surface area contributed by atoms with Crippen molar-refractivity contribution in [2.45, 2.75) is 12.8 Å². The highest BCUT2D eigenvalue weighted by molar-refractivity contribution is 6.17. The molecule has 0 saturated heterocycles. The molecule has 0 aliphatic rings. The average molecular weight is 210 g/mol. The molecule has 0 bridgehead atoms. The van der Waals surface area contributed by atoms with Crippen LogP contribution in [0.4, 0.5) is 0 Å². The molecule has 0 amide bonds. The lowest BCUT2D eigenvalue weighted by molar-refractivity contribution is 0.0696. The van der Waals surface area contributed by atoms with E-state index in [4.69, 9.17) is 22.0 Å². The molecule has 4 heteroatoms. The molecular formula is C10H8ClNO2. The van der Waals surface area contributed by atoms with Gasteiger partial charge in [-0.3, -0.25) is 0 Å². The fraction of sp³-hybridized carbons (Fsp3) is 0.200. The summed E-state index contributed by atoms with van der Waals surface area (Å²) in [7, 11) is 0. The summed E-state index contributed by atoms with van der Waals surface area (Å²) < 4.78 is 0. The van der Waals surface area contributed by atoms with Crippen LogP contribution in [0.15, 0.2) is 12.1 Å². The van der Waals surface area contributed by atoms with Gasteiger partial charge in [0.1, 0.15) is 0 Å². The smallest absolute Gasteiger partial charge is 0.336 e. The Morgan fingerprint density at radius 2 is 2.29 bits per heavy atom. The molecule has 0 aliphatic heterocycles. The lowest BCUT2D eigenvalue weighted by Gasteiger charge is -2.06. The Labute approximate surface area is 86.5 Å². The summed E-state index contributed by atoms with van der Waals surface area (Å²) >= 11 is 5.64. The van der Waals surface area contributed by atoms with Gasteiger partial charge in [0, 0.05) is 5.88 Å². The number of hydrogen-bond donors (Lipinski definition) is 1. The van der Waals surface area contributed by atoms with Gasteiger partial charge in [-0.25, -0.2) is 4.79 Å². The number of hydrogen-bond acceptors (Lipinski definition) is 2. The van der Waals surface area contributed by atoms with E-state index in [0.717, 1.165) is 0 Å². The Balaban J connectivity index is 3.44. The second-order valence-corrected chi connectivity index (χ2v) is 3.13. The number of nitriles is 1. The molecule has 1 aromatic carbocycles. The van der Waals surface area contributed by atoms with Crippen LogP contribution in [0.25, 0.3) is 0 Å². The van der Waals surface area contributed by atoms with Gasteiger partial charge in [-0.15, -0.1) is 11.6 Å². The first-order valence-corrected chi connectivity index (χ1v) is 4.46. The van der Waals surface area contributed by atoms with Crippen molar-refractivity contribution in [2.75, 3.05) is 0 Å². The molecule has 0 unspecified atom stereocenters. The molecular weight excluding hydrogens is 202 g/mol. The van der Waals surface area contributed by atoms with E-state index in [9.17, 15) is 4.79 Å². The molecule has 0 radical (unpaired) electrons. The minimum atomic E-state index is -1.04. The summed E-state index contributed by atoms with van der Waals surface area (Å²) in [6.45, 7) is 1.68. The van der Waals surface area contributed by atoms with E-state index in [2.05, 4.69) is 0 Å². The maximum absolute atomic E-state index is 10.8. The quantitative estimate of drug-likeness (QED) is 0.761. The monoisotopic (exact) mass is 209 g/mol. The van der Waals surface area contributed by atoms with Gasteiger partial charge in [0.15, 0.2) is 0 Å². The maximum atomic E-state index is 10.8. The lowest BCUT2D eigenvalue weighted by Crippen LogP contribution is -2.03. The van der Waals surface area contributed by atoms with E-state index in [-0.39, 0.29) is 11.4 Å². The number of rotatable bonds is 2. The molecule has 14 heavy (non-hydrogen) atoms. The zero-order valence-corrected chi connectivity index (χ0v) is 8.30. The maximum Gasteiger partial charge on any atom is 0.336 e. The van der Waals surface area contributed by atoms with Crippen LogP contribution in [0.5, 0.6) is 0 Å². The molecule has 0 saturated carbocycles. The van der Waals surface area contributed by atoms with E-state index in [1.54, 1.807) is 13.0 Å². The van der Waals surface area contributed by atoms with Crippen LogP contribution in [0.2, 0.25) is 0 Å². The summed E-state index contributed by atoms with van der Waals surface area (Å²) in [6.07, 6.45) is 0. The van der Waals surface area contributed by atoms with Crippen LogP contribution in [0, 0.1) is 18.3 Å². The van der Waals surface area contributed by atoms with Gasteiger partial charge in [0.2, 0.25) is 0 Å². The van der Waals surface area contributed by atoms with E-state index < -0.39 is 5.97 Å². The number of carbonyl (C=O) groups is 1. The number of alkyl halides is 1. The molecule has 72 valence electrons. The molecule has 0 fully saturated rings. The van der Waals surface area contributed by atoms with Crippen molar-refractivity contribution in [3.05, 3.63) is 34.4 Å². The van der Waals surface area contributed by atoms with E-state index >= 15 is 0 Å². The Morgan fingerprint density at radius 1 is 1.64 bits per heavy atom. The molecule has 1 N–H and O–H groups in total. The highest BCUT2D eigenvalue weighted by Gasteiger charge is 2.11. The summed E-state index contributed by atoms with van der Waals surface area (Å²) in [5.74, 6) is -0.826. The van der Waals surface area contributed by atoms with Crippen LogP contribution in [-0.2, 0) is 5.88 Å². The van der Waals surface area contributed by atoms with Crippen LogP contribution in [-0.4, -0.2) is 11.1 Å². The molecule has 1 rings (SSSR count). The van der Waals surface area contributed by atoms with Crippen molar-refractivity contribution in [2.24, 2.45) is 0 Å². The predicted molar refractivity (Wildman–Crippen MR) is 52.4 cm³/mol. The van der Waals surface area contributed by atoms with E-state index in [1.165, 1.54) is 6.07 Å². The summed E-state index contributed by atoms with van der Waals surface area (Å²) in [5.41, 5.74) is 1.76. The van der Waals surface area contributed by atoms with Gasteiger partial charge in [-0.05, 0) is 30.2 Å². The van der Waals surface area contributed by atoms with Crippen LogP contribution in [0.3, 0.4) is 0 Å². The highest BCUT2D eigenvalue weighted by Crippen LogP contribution is 2.18. The average Bonchev–Trinajstić information content (AvgIpc) is 2.17. The second kappa shape index (κ2) is 4.12. The molecule has 0 aromatic heterocycles. The van der Waals surface area contributed by atoms with Crippen LogP contribution >= 0.6 is 11.6 Å². The minimum Gasteiger partial charge on any atom is -0.478 e. The first-order valence-electron chi connectivity index (χ1n) is 3.93. The number of nitrogens with zero attached hydrogens (tertiary/aromatic N) is 1. The van der Waals surface area contributed by atoms with Gasteiger partial charge >= 0.3 is 5.97 Å². The van der Waals surface area contributed by atoms with Crippen molar-refractivity contribution in [1.29, 1.82) is 5.26 Å². The summed E-state index contributed by atoms with van der Waals surface area (Å²) in [4.78, 5) is 10.8. The van der Waals surface area contributed by atoms with Crippen LogP contribution in [0.1, 0.15) is 27.0 Å². The Hall–Kier alpha value is -1.53. The summed E-state index contributed by atoms with van der Waals surface area (Å²) in [6, 6.07) is 4.86. The third-order valence-corrected chi connectivity index (χ3v) is 2.31. The van der Waals surface area contributed by atoms with E-state index in [1.807, 2.05) is 6.07 Å². The molecule has 0 spiro atoms. The number of carboxylic acid groups (broad SMARTS) is 1. The number of benzene rings is 1. The molecule has 0 atom stereocenters. The zero-order chi connectivity index (χ0) is 10.7. The molecule has 3 nitrogen and oxygen atoms in total. The third kappa shape index (κ3) is 1.86. The van der Waals surface area contributed by atoms with E-state index in [0.29, 0.717) is 16.7 Å². The fourth-order valence-electron chi connectivity index (χ4n) is 1.20. The Bertz CT molecular complexity index is 421. The lowest BCUT2D eigenvalue weighted by atomic mass is 10.00.